The minimum absolute atomic E-state index is 0.0820. The van der Waals surface area contributed by atoms with E-state index in [-0.39, 0.29) is 22.1 Å². The number of sulfonamides is 1. The topological polar surface area (TPSA) is 104 Å². The van der Waals surface area contributed by atoms with E-state index in [9.17, 15) is 22.4 Å². The van der Waals surface area contributed by atoms with Crippen molar-refractivity contribution < 1.29 is 22.4 Å². The van der Waals surface area contributed by atoms with Crippen LogP contribution in [0.15, 0.2) is 53.4 Å². The maximum absolute atomic E-state index is 12.9. The van der Waals surface area contributed by atoms with Crippen LogP contribution in [0.3, 0.4) is 0 Å². The van der Waals surface area contributed by atoms with Crippen molar-refractivity contribution in [2.75, 3.05) is 11.3 Å². The van der Waals surface area contributed by atoms with Gasteiger partial charge in [0.05, 0.1) is 4.90 Å². The monoisotopic (exact) mass is 393 g/mol. The fourth-order valence-electron chi connectivity index (χ4n) is 2.19. The summed E-state index contributed by atoms with van der Waals surface area (Å²) >= 11 is 0. The van der Waals surface area contributed by atoms with Crippen LogP contribution in [-0.4, -0.2) is 32.8 Å². The molecule has 7 nitrogen and oxygen atoms in total. The van der Waals surface area contributed by atoms with Crippen molar-refractivity contribution in [3.63, 3.8) is 0 Å². The summed E-state index contributed by atoms with van der Waals surface area (Å²) in [7, 11) is -3.87. The van der Waals surface area contributed by atoms with Crippen molar-refractivity contribution in [3.8, 4) is 0 Å². The van der Waals surface area contributed by atoms with E-state index in [1.165, 1.54) is 24.3 Å². The number of amides is 2. The van der Waals surface area contributed by atoms with Gasteiger partial charge in [-0.25, -0.2) is 12.8 Å². The van der Waals surface area contributed by atoms with Crippen molar-refractivity contribution in [2.24, 2.45) is 0 Å². The highest BCUT2D eigenvalue weighted by Crippen LogP contribution is 2.17. The van der Waals surface area contributed by atoms with Gasteiger partial charge >= 0.3 is 0 Å². The molecule has 0 fully saturated rings. The van der Waals surface area contributed by atoms with Crippen molar-refractivity contribution in [2.45, 2.75) is 24.8 Å². The van der Waals surface area contributed by atoms with Crippen LogP contribution in [0, 0.1) is 5.82 Å². The van der Waals surface area contributed by atoms with Gasteiger partial charge in [-0.15, -0.1) is 0 Å². The number of halogens is 1. The molecule has 0 aliphatic rings. The summed E-state index contributed by atoms with van der Waals surface area (Å²) in [5, 5.41) is 5.16. The fourth-order valence-corrected chi connectivity index (χ4v) is 3.25. The van der Waals surface area contributed by atoms with E-state index in [1.807, 2.05) is 0 Å². The summed E-state index contributed by atoms with van der Waals surface area (Å²) in [4.78, 5) is 23.7. The Bertz CT molecular complexity index is 913. The van der Waals surface area contributed by atoms with Gasteiger partial charge in [-0.3, -0.25) is 14.3 Å². The summed E-state index contributed by atoms with van der Waals surface area (Å²) in [6.45, 7) is 3.80. The molecule has 0 saturated heterocycles. The molecule has 144 valence electrons. The van der Waals surface area contributed by atoms with E-state index in [0.717, 1.165) is 24.3 Å². The number of hydrogen-bond donors (Lipinski definition) is 3. The standard InChI is InChI=1S/C18H20FN3O4S/c1-3-20-17(23)12(2)21-18(24)13-4-8-15(9-5-13)22-27(25,26)16-10-6-14(19)7-11-16/h4-12,22H,3H2,1-2H3,(H,20,23)(H,21,24)/t12-/m0/s1. The van der Waals surface area contributed by atoms with E-state index in [1.54, 1.807) is 13.8 Å². The molecule has 3 N–H and O–H groups in total. The van der Waals surface area contributed by atoms with Crippen LogP contribution in [0.4, 0.5) is 10.1 Å². The highest BCUT2D eigenvalue weighted by Gasteiger charge is 2.17. The average molecular weight is 393 g/mol. The number of rotatable bonds is 7. The highest BCUT2D eigenvalue weighted by molar-refractivity contribution is 7.92. The average Bonchev–Trinajstić information content (AvgIpc) is 2.62. The molecule has 0 aromatic heterocycles. The largest absolute Gasteiger partial charge is 0.355 e. The lowest BCUT2D eigenvalue weighted by Gasteiger charge is -2.13. The Hall–Kier alpha value is -2.94. The van der Waals surface area contributed by atoms with Gasteiger partial charge in [-0.2, -0.15) is 0 Å². The first kappa shape index (κ1) is 20.4. The van der Waals surface area contributed by atoms with Crippen LogP contribution in [-0.2, 0) is 14.8 Å². The SMILES string of the molecule is CCNC(=O)[C@H](C)NC(=O)c1ccc(NS(=O)(=O)c2ccc(F)cc2)cc1. The molecule has 0 radical (unpaired) electrons. The molecule has 0 spiro atoms. The van der Waals surface area contributed by atoms with Gasteiger partial charge in [0.25, 0.3) is 15.9 Å². The lowest BCUT2D eigenvalue weighted by atomic mass is 10.2. The van der Waals surface area contributed by atoms with Gasteiger partial charge in [0.2, 0.25) is 5.91 Å². The molecule has 2 aromatic rings. The summed E-state index contributed by atoms with van der Waals surface area (Å²) in [5.74, 6) is -1.29. The van der Waals surface area contributed by atoms with Gasteiger partial charge < -0.3 is 10.6 Å². The molecular formula is C18H20FN3O4S. The molecule has 0 saturated carbocycles. The van der Waals surface area contributed by atoms with Crippen LogP contribution in [0.2, 0.25) is 0 Å². The quantitative estimate of drug-likeness (QED) is 0.668. The Balaban J connectivity index is 2.05. The molecule has 2 rings (SSSR count). The molecule has 0 heterocycles. The molecule has 1 atom stereocenters. The minimum Gasteiger partial charge on any atom is -0.355 e. The maximum Gasteiger partial charge on any atom is 0.261 e. The number of anilines is 1. The zero-order valence-corrected chi connectivity index (χ0v) is 15.6. The van der Waals surface area contributed by atoms with Crippen molar-refractivity contribution in [1.82, 2.24) is 10.6 Å². The lowest BCUT2D eigenvalue weighted by Crippen LogP contribution is -2.44. The lowest BCUT2D eigenvalue weighted by molar-refractivity contribution is -0.122. The normalized spacial score (nSPS) is 12.1. The Kier molecular flexibility index (Phi) is 6.51. The first-order valence-corrected chi connectivity index (χ1v) is 9.68. The number of hydrogen-bond acceptors (Lipinski definition) is 4. The number of carbonyl (C=O) groups is 2. The summed E-state index contributed by atoms with van der Waals surface area (Å²) < 4.78 is 39.8. The molecule has 0 bridgehead atoms. The van der Waals surface area contributed by atoms with Gasteiger partial charge in [-0.1, -0.05) is 0 Å². The number of carbonyl (C=O) groups excluding carboxylic acids is 2. The highest BCUT2D eigenvalue weighted by atomic mass is 32.2. The van der Waals surface area contributed by atoms with Crippen LogP contribution < -0.4 is 15.4 Å². The second-order valence-corrected chi connectivity index (χ2v) is 7.41. The number of nitrogens with one attached hydrogen (secondary N) is 3. The third kappa shape index (κ3) is 5.52. The molecule has 9 heteroatoms. The second-order valence-electron chi connectivity index (χ2n) is 5.73. The van der Waals surface area contributed by atoms with E-state index in [0.29, 0.717) is 6.54 Å². The van der Waals surface area contributed by atoms with Crippen LogP contribution in [0.5, 0.6) is 0 Å². The predicted octanol–water partition coefficient (Wildman–Crippen LogP) is 1.88. The first-order chi connectivity index (χ1) is 12.7. The summed E-state index contributed by atoms with van der Waals surface area (Å²) in [5.41, 5.74) is 0.517. The van der Waals surface area contributed by atoms with E-state index >= 15 is 0 Å². The van der Waals surface area contributed by atoms with Gasteiger partial charge in [0.1, 0.15) is 11.9 Å². The molecule has 0 aliphatic heterocycles. The first-order valence-electron chi connectivity index (χ1n) is 8.20. The van der Waals surface area contributed by atoms with Crippen LogP contribution in [0.1, 0.15) is 24.2 Å². The Morgan fingerprint density at radius 2 is 1.63 bits per heavy atom. The fraction of sp³-hybridized carbons (Fsp3) is 0.222. The molecule has 0 aliphatic carbocycles. The Morgan fingerprint density at radius 1 is 1.04 bits per heavy atom. The Labute approximate surface area is 157 Å². The predicted molar refractivity (Wildman–Crippen MR) is 99.3 cm³/mol. The molecule has 0 unspecified atom stereocenters. The summed E-state index contributed by atoms with van der Waals surface area (Å²) in [6, 6.07) is 9.43. The Morgan fingerprint density at radius 3 is 2.19 bits per heavy atom. The van der Waals surface area contributed by atoms with Crippen molar-refractivity contribution >= 4 is 27.5 Å². The van der Waals surface area contributed by atoms with E-state index in [4.69, 9.17) is 0 Å². The van der Waals surface area contributed by atoms with Crippen molar-refractivity contribution in [3.05, 3.63) is 59.9 Å². The third-order valence-corrected chi connectivity index (χ3v) is 5.01. The summed E-state index contributed by atoms with van der Waals surface area (Å²) in [6.07, 6.45) is 0. The van der Waals surface area contributed by atoms with Crippen LogP contribution in [0.25, 0.3) is 0 Å². The molecular weight excluding hydrogens is 373 g/mol. The smallest absolute Gasteiger partial charge is 0.261 e. The van der Waals surface area contributed by atoms with E-state index in [2.05, 4.69) is 15.4 Å². The second kappa shape index (κ2) is 8.63. The van der Waals surface area contributed by atoms with Gasteiger partial charge in [0.15, 0.2) is 0 Å². The molecule has 27 heavy (non-hydrogen) atoms. The van der Waals surface area contributed by atoms with Crippen LogP contribution >= 0.6 is 0 Å². The number of likely N-dealkylation sites (N-methyl/N-ethyl adjacent to an activating group) is 1. The maximum atomic E-state index is 12.9. The van der Waals surface area contributed by atoms with Gasteiger partial charge in [-0.05, 0) is 62.4 Å². The third-order valence-electron chi connectivity index (χ3n) is 3.62. The minimum atomic E-state index is -3.87. The van der Waals surface area contributed by atoms with Gasteiger partial charge in [0, 0.05) is 17.8 Å². The van der Waals surface area contributed by atoms with E-state index < -0.39 is 27.8 Å². The number of benzene rings is 2. The molecule has 2 aromatic carbocycles. The zero-order chi connectivity index (χ0) is 20.0. The zero-order valence-electron chi connectivity index (χ0n) is 14.8. The van der Waals surface area contributed by atoms with Crippen molar-refractivity contribution in [1.29, 1.82) is 0 Å². The molecule has 2 amide bonds.